The number of para-hydroxylation sites is 1. The van der Waals surface area contributed by atoms with E-state index in [4.69, 9.17) is 11.6 Å². The highest BCUT2D eigenvalue weighted by Crippen LogP contribution is 2.26. The van der Waals surface area contributed by atoms with Crippen molar-refractivity contribution in [1.82, 2.24) is 9.55 Å². The lowest BCUT2D eigenvalue weighted by atomic mass is 10.2. The highest BCUT2D eigenvalue weighted by Gasteiger charge is 2.19. The van der Waals surface area contributed by atoms with E-state index in [0.717, 1.165) is 11.8 Å². The van der Waals surface area contributed by atoms with Gasteiger partial charge in [0.05, 0.1) is 16.6 Å². The summed E-state index contributed by atoms with van der Waals surface area (Å²) in [6.45, 7) is 1.55. The monoisotopic (exact) mass is 360 g/mol. The topological polar surface area (TPSA) is 72.2 Å². The molecule has 0 aliphatic heterocycles. The number of benzene rings is 2. The maximum absolute atomic E-state index is 12.9. The van der Waals surface area contributed by atoms with Crippen LogP contribution in [-0.2, 0) is 4.79 Å². The number of aromatic nitrogens is 2. The number of carbonyl (C=O) groups is 1. The van der Waals surface area contributed by atoms with Gasteiger partial charge >= 0.3 is 5.97 Å². The molecule has 1 atom stereocenters. The van der Waals surface area contributed by atoms with Crippen LogP contribution in [0.15, 0.2) is 58.5 Å². The smallest absolute Gasteiger partial charge is 0.316 e. The van der Waals surface area contributed by atoms with E-state index < -0.39 is 11.2 Å². The van der Waals surface area contributed by atoms with Gasteiger partial charge in [-0.05, 0) is 37.3 Å². The fraction of sp³-hybridized carbons (Fsp3) is 0.118. The van der Waals surface area contributed by atoms with E-state index in [9.17, 15) is 14.7 Å². The van der Waals surface area contributed by atoms with Crippen LogP contribution in [0.25, 0.3) is 16.6 Å². The molecule has 0 aliphatic carbocycles. The van der Waals surface area contributed by atoms with Gasteiger partial charge in [0, 0.05) is 5.02 Å². The SMILES string of the molecule is C[C@H](Sc1nc2ccccc2c(=O)n1-c1cccc(Cl)c1)C(=O)O. The van der Waals surface area contributed by atoms with Crippen molar-refractivity contribution in [1.29, 1.82) is 0 Å². The molecule has 122 valence electrons. The molecule has 3 rings (SSSR count). The lowest BCUT2D eigenvalue weighted by Crippen LogP contribution is -2.23. The van der Waals surface area contributed by atoms with Crippen molar-refractivity contribution < 1.29 is 9.90 Å². The number of thioether (sulfide) groups is 1. The third kappa shape index (κ3) is 3.16. The van der Waals surface area contributed by atoms with Gasteiger partial charge in [-0.3, -0.25) is 14.2 Å². The molecule has 0 saturated carbocycles. The average Bonchev–Trinajstić information content (AvgIpc) is 2.55. The lowest BCUT2D eigenvalue weighted by Gasteiger charge is -2.14. The molecule has 0 amide bonds. The molecule has 0 radical (unpaired) electrons. The van der Waals surface area contributed by atoms with E-state index in [1.165, 1.54) is 4.57 Å². The molecule has 1 aromatic heterocycles. The zero-order valence-corrected chi connectivity index (χ0v) is 14.2. The second-order valence-corrected chi connectivity index (χ2v) is 6.87. The predicted octanol–water partition coefficient (Wildman–Crippen LogP) is 3.60. The summed E-state index contributed by atoms with van der Waals surface area (Å²) in [5, 5.41) is 9.69. The zero-order chi connectivity index (χ0) is 17.3. The fourth-order valence-electron chi connectivity index (χ4n) is 2.24. The molecule has 7 heteroatoms. The molecule has 5 nitrogen and oxygen atoms in total. The summed E-state index contributed by atoms with van der Waals surface area (Å²) in [5.41, 5.74) is 0.815. The van der Waals surface area contributed by atoms with Gasteiger partial charge < -0.3 is 5.11 Å². The van der Waals surface area contributed by atoms with Crippen molar-refractivity contribution in [3.05, 3.63) is 63.9 Å². The van der Waals surface area contributed by atoms with E-state index in [1.54, 1.807) is 55.5 Å². The minimum absolute atomic E-state index is 0.261. The molecule has 0 saturated heterocycles. The van der Waals surface area contributed by atoms with Gasteiger partial charge in [-0.1, -0.05) is 41.6 Å². The van der Waals surface area contributed by atoms with E-state index in [2.05, 4.69) is 4.98 Å². The molecule has 3 aromatic rings. The van der Waals surface area contributed by atoms with Gasteiger partial charge in [0.15, 0.2) is 5.16 Å². The Morgan fingerprint density at radius 1 is 1.25 bits per heavy atom. The second-order valence-electron chi connectivity index (χ2n) is 5.13. The quantitative estimate of drug-likeness (QED) is 0.568. The van der Waals surface area contributed by atoms with Crippen molar-refractivity contribution in [2.24, 2.45) is 0 Å². The molecular weight excluding hydrogens is 348 g/mol. The van der Waals surface area contributed by atoms with Crippen LogP contribution >= 0.6 is 23.4 Å². The molecule has 0 unspecified atom stereocenters. The molecule has 0 aliphatic rings. The van der Waals surface area contributed by atoms with Gasteiger partial charge in [0.25, 0.3) is 5.56 Å². The largest absolute Gasteiger partial charge is 0.480 e. The molecule has 1 heterocycles. The van der Waals surface area contributed by atoms with Crippen LogP contribution in [0.2, 0.25) is 5.02 Å². The van der Waals surface area contributed by atoms with Gasteiger partial charge in [-0.25, -0.2) is 4.98 Å². The third-order valence-corrected chi connectivity index (χ3v) is 4.72. The number of fused-ring (bicyclic) bond motifs is 1. The number of hydrogen-bond acceptors (Lipinski definition) is 4. The Hall–Kier alpha value is -2.31. The maximum atomic E-state index is 12.9. The van der Waals surface area contributed by atoms with E-state index in [1.807, 2.05) is 0 Å². The van der Waals surface area contributed by atoms with Crippen molar-refractivity contribution in [3.8, 4) is 5.69 Å². The Balaban J connectivity index is 2.29. The second kappa shape index (κ2) is 6.67. The minimum atomic E-state index is -0.972. The standard InChI is InChI=1S/C17H13ClN2O3S/c1-10(16(22)23)24-17-19-14-8-3-2-7-13(14)15(21)20(17)12-6-4-5-11(18)9-12/h2-10H,1H3,(H,22,23)/t10-/m0/s1. The van der Waals surface area contributed by atoms with Crippen LogP contribution in [0.1, 0.15) is 6.92 Å². The highest BCUT2D eigenvalue weighted by atomic mass is 35.5. The number of hydrogen-bond donors (Lipinski definition) is 1. The van der Waals surface area contributed by atoms with Crippen LogP contribution < -0.4 is 5.56 Å². The van der Waals surface area contributed by atoms with Crippen molar-refractivity contribution in [3.63, 3.8) is 0 Å². The fourth-order valence-corrected chi connectivity index (χ4v) is 3.29. The van der Waals surface area contributed by atoms with Crippen molar-refractivity contribution in [2.45, 2.75) is 17.3 Å². The van der Waals surface area contributed by atoms with Gasteiger partial charge in [-0.15, -0.1) is 0 Å². The Labute approximate surface area is 146 Å². The van der Waals surface area contributed by atoms with E-state index >= 15 is 0 Å². The number of carboxylic acid groups (broad SMARTS) is 1. The normalized spacial score (nSPS) is 12.2. The number of aliphatic carboxylic acids is 1. The summed E-state index contributed by atoms with van der Waals surface area (Å²) in [4.78, 5) is 28.6. The summed E-state index contributed by atoms with van der Waals surface area (Å²) in [6.07, 6.45) is 0. The average molecular weight is 361 g/mol. The molecule has 2 aromatic carbocycles. The first-order valence-electron chi connectivity index (χ1n) is 7.14. The molecular formula is C17H13ClN2O3S. The van der Waals surface area contributed by atoms with Crippen LogP contribution in [0.3, 0.4) is 0 Å². The lowest BCUT2D eigenvalue weighted by molar-refractivity contribution is -0.136. The number of carboxylic acids is 1. The number of halogens is 1. The Bertz CT molecular complexity index is 987. The first-order valence-corrected chi connectivity index (χ1v) is 8.40. The Kier molecular flexibility index (Phi) is 4.59. The molecule has 0 spiro atoms. The van der Waals surface area contributed by atoms with Crippen LogP contribution in [0.4, 0.5) is 0 Å². The molecule has 1 N–H and O–H groups in total. The summed E-state index contributed by atoms with van der Waals surface area (Å²) in [5.74, 6) is -0.972. The van der Waals surface area contributed by atoms with E-state index in [0.29, 0.717) is 26.8 Å². The minimum Gasteiger partial charge on any atom is -0.480 e. The highest BCUT2D eigenvalue weighted by molar-refractivity contribution is 8.00. The van der Waals surface area contributed by atoms with Crippen molar-refractivity contribution in [2.75, 3.05) is 0 Å². The van der Waals surface area contributed by atoms with Crippen LogP contribution in [-0.4, -0.2) is 25.9 Å². The summed E-state index contributed by atoms with van der Waals surface area (Å²) in [6, 6.07) is 13.8. The summed E-state index contributed by atoms with van der Waals surface area (Å²) >= 11 is 7.05. The molecule has 24 heavy (non-hydrogen) atoms. The summed E-state index contributed by atoms with van der Waals surface area (Å²) in [7, 11) is 0. The molecule has 0 bridgehead atoms. The Morgan fingerprint density at radius 3 is 2.71 bits per heavy atom. The van der Waals surface area contributed by atoms with Crippen LogP contribution in [0.5, 0.6) is 0 Å². The molecule has 0 fully saturated rings. The van der Waals surface area contributed by atoms with Crippen LogP contribution in [0, 0.1) is 0 Å². The van der Waals surface area contributed by atoms with Gasteiger partial charge in [0.2, 0.25) is 0 Å². The first-order chi connectivity index (χ1) is 11.5. The maximum Gasteiger partial charge on any atom is 0.316 e. The number of rotatable bonds is 4. The van der Waals surface area contributed by atoms with Crippen molar-refractivity contribution >= 4 is 40.2 Å². The van der Waals surface area contributed by atoms with E-state index in [-0.39, 0.29) is 5.56 Å². The number of nitrogens with zero attached hydrogens (tertiary/aromatic N) is 2. The van der Waals surface area contributed by atoms with Gasteiger partial charge in [-0.2, -0.15) is 0 Å². The zero-order valence-electron chi connectivity index (χ0n) is 12.6. The Morgan fingerprint density at radius 2 is 2.00 bits per heavy atom. The first kappa shape index (κ1) is 16.5. The third-order valence-electron chi connectivity index (χ3n) is 3.44. The summed E-state index contributed by atoms with van der Waals surface area (Å²) < 4.78 is 1.40. The predicted molar refractivity (Wildman–Crippen MR) is 95.3 cm³/mol. The van der Waals surface area contributed by atoms with Gasteiger partial charge in [0.1, 0.15) is 5.25 Å².